The van der Waals surface area contributed by atoms with E-state index in [-0.39, 0.29) is 5.11 Å². The van der Waals surface area contributed by atoms with Gasteiger partial charge in [-0.15, -0.1) is 0 Å². The van der Waals surface area contributed by atoms with Crippen molar-refractivity contribution >= 4 is 34.6 Å². The summed E-state index contributed by atoms with van der Waals surface area (Å²) in [5.74, 6) is 0.799. The minimum atomic E-state index is -0.392. The SMILES string of the molecule is COc1cc(C(=O)NC(=S)Nc2ccc(N3CCOCC3)cc2)cc(OC)c1OC. The molecule has 2 N–H and O–H groups in total. The first-order valence-electron chi connectivity index (χ1n) is 9.40. The van der Waals surface area contributed by atoms with Crippen molar-refractivity contribution in [3.8, 4) is 17.2 Å². The van der Waals surface area contributed by atoms with Crippen molar-refractivity contribution in [2.45, 2.75) is 0 Å². The van der Waals surface area contributed by atoms with Crippen molar-refractivity contribution in [2.24, 2.45) is 0 Å². The van der Waals surface area contributed by atoms with Crippen molar-refractivity contribution in [1.29, 1.82) is 0 Å². The molecule has 30 heavy (non-hydrogen) atoms. The molecule has 0 saturated carbocycles. The maximum atomic E-state index is 12.6. The molecule has 0 aliphatic carbocycles. The number of nitrogens with zero attached hydrogens (tertiary/aromatic N) is 1. The van der Waals surface area contributed by atoms with Crippen LogP contribution in [0.4, 0.5) is 11.4 Å². The Morgan fingerprint density at radius 1 is 1.00 bits per heavy atom. The summed E-state index contributed by atoms with van der Waals surface area (Å²) in [6.45, 7) is 3.21. The molecule has 9 heteroatoms. The lowest BCUT2D eigenvalue weighted by molar-refractivity contribution is 0.0977. The Hall–Kier alpha value is -3.04. The summed E-state index contributed by atoms with van der Waals surface area (Å²) in [4.78, 5) is 14.9. The van der Waals surface area contributed by atoms with Crippen LogP contribution in [0.1, 0.15) is 10.4 Å². The molecule has 1 heterocycles. The maximum Gasteiger partial charge on any atom is 0.257 e. The second-order valence-electron chi connectivity index (χ2n) is 6.47. The van der Waals surface area contributed by atoms with Gasteiger partial charge >= 0.3 is 0 Å². The van der Waals surface area contributed by atoms with E-state index in [0.717, 1.165) is 37.7 Å². The number of hydrogen-bond donors (Lipinski definition) is 2. The number of amides is 1. The number of nitrogens with one attached hydrogen (secondary N) is 2. The Labute approximate surface area is 181 Å². The molecule has 1 saturated heterocycles. The van der Waals surface area contributed by atoms with Crippen LogP contribution in [0.5, 0.6) is 17.2 Å². The lowest BCUT2D eigenvalue weighted by Crippen LogP contribution is -2.36. The van der Waals surface area contributed by atoms with Gasteiger partial charge in [-0.05, 0) is 48.6 Å². The number of carbonyl (C=O) groups excluding carboxylic acids is 1. The highest BCUT2D eigenvalue weighted by molar-refractivity contribution is 7.80. The van der Waals surface area contributed by atoms with Gasteiger partial charge in [0.2, 0.25) is 5.75 Å². The first-order chi connectivity index (χ1) is 14.5. The zero-order valence-corrected chi connectivity index (χ0v) is 18.0. The molecule has 0 aromatic heterocycles. The monoisotopic (exact) mass is 431 g/mol. The van der Waals surface area contributed by atoms with E-state index in [1.54, 1.807) is 12.1 Å². The van der Waals surface area contributed by atoms with E-state index < -0.39 is 5.91 Å². The highest BCUT2D eigenvalue weighted by atomic mass is 32.1. The Bertz CT molecular complexity index is 873. The zero-order chi connectivity index (χ0) is 21.5. The molecule has 0 bridgehead atoms. The minimum absolute atomic E-state index is 0.188. The highest BCUT2D eigenvalue weighted by Crippen LogP contribution is 2.38. The van der Waals surface area contributed by atoms with Crippen LogP contribution in [-0.4, -0.2) is 58.7 Å². The quantitative estimate of drug-likeness (QED) is 0.676. The molecule has 0 unspecified atom stereocenters. The summed E-state index contributed by atoms with van der Waals surface area (Å²) in [5, 5.41) is 5.87. The number of rotatable bonds is 6. The van der Waals surface area contributed by atoms with Crippen molar-refractivity contribution in [2.75, 3.05) is 57.8 Å². The van der Waals surface area contributed by atoms with Gasteiger partial charge in [0.1, 0.15) is 0 Å². The van der Waals surface area contributed by atoms with E-state index >= 15 is 0 Å². The summed E-state index contributed by atoms with van der Waals surface area (Å²) < 4.78 is 21.2. The van der Waals surface area contributed by atoms with Crippen LogP contribution in [-0.2, 0) is 4.74 Å². The highest BCUT2D eigenvalue weighted by Gasteiger charge is 2.18. The summed E-state index contributed by atoms with van der Waals surface area (Å²) in [6.07, 6.45) is 0. The van der Waals surface area contributed by atoms with Crippen molar-refractivity contribution in [3.63, 3.8) is 0 Å². The van der Waals surface area contributed by atoms with Crippen LogP contribution in [0.15, 0.2) is 36.4 Å². The van der Waals surface area contributed by atoms with Gasteiger partial charge in [-0.2, -0.15) is 0 Å². The van der Waals surface area contributed by atoms with Gasteiger partial charge in [0, 0.05) is 30.0 Å². The Morgan fingerprint density at radius 2 is 1.60 bits per heavy atom. The van der Waals surface area contributed by atoms with Crippen molar-refractivity contribution < 1.29 is 23.7 Å². The molecule has 2 aromatic rings. The molecule has 0 radical (unpaired) electrons. The molecule has 8 nitrogen and oxygen atoms in total. The van der Waals surface area contributed by atoms with Gasteiger partial charge in [0.05, 0.1) is 34.5 Å². The summed E-state index contributed by atoms with van der Waals surface area (Å²) in [7, 11) is 4.49. The van der Waals surface area contributed by atoms with E-state index in [1.165, 1.54) is 21.3 Å². The van der Waals surface area contributed by atoms with Crippen molar-refractivity contribution in [1.82, 2.24) is 5.32 Å². The van der Waals surface area contributed by atoms with Gasteiger partial charge < -0.3 is 29.2 Å². The number of ether oxygens (including phenoxy) is 4. The molecular formula is C21H25N3O5S. The van der Waals surface area contributed by atoms with Crippen LogP contribution in [0.25, 0.3) is 0 Å². The molecule has 0 spiro atoms. The molecule has 0 atom stereocenters. The van der Waals surface area contributed by atoms with E-state index in [1.807, 2.05) is 24.3 Å². The number of anilines is 2. The van der Waals surface area contributed by atoms with Crippen LogP contribution in [0.3, 0.4) is 0 Å². The number of carbonyl (C=O) groups is 1. The van der Waals surface area contributed by atoms with Gasteiger partial charge in [0.15, 0.2) is 16.6 Å². The topological polar surface area (TPSA) is 81.3 Å². The molecule has 3 rings (SSSR count). The van der Waals surface area contributed by atoms with E-state index in [0.29, 0.717) is 22.8 Å². The third-order valence-corrected chi connectivity index (χ3v) is 4.86. The number of methoxy groups -OCH3 is 3. The normalized spacial score (nSPS) is 13.4. The van der Waals surface area contributed by atoms with Crippen LogP contribution >= 0.6 is 12.2 Å². The van der Waals surface area contributed by atoms with Crippen LogP contribution in [0, 0.1) is 0 Å². The van der Waals surface area contributed by atoms with E-state index in [4.69, 9.17) is 31.2 Å². The van der Waals surface area contributed by atoms with Gasteiger partial charge in [0.25, 0.3) is 5.91 Å². The summed E-state index contributed by atoms with van der Waals surface area (Å²) >= 11 is 5.28. The third kappa shape index (κ3) is 5.11. The predicted molar refractivity (Wildman–Crippen MR) is 119 cm³/mol. The molecule has 160 valence electrons. The summed E-state index contributed by atoms with van der Waals surface area (Å²) in [6, 6.07) is 11.0. The molecular weight excluding hydrogens is 406 g/mol. The van der Waals surface area contributed by atoms with E-state index in [2.05, 4.69) is 15.5 Å². The Balaban J connectivity index is 1.64. The molecule has 1 aliphatic rings. The first kappa shape index (κ1) is 21.7. The van der Waals surface area contributed by atoms with Crippen LogP contribution in [0.2, 0.25) is 0 Å². The number of thiocarbonyl (C=S) groups is 1. The number of morpholine rings is 1. The van der Waals surface area contributed by atoms with Gasteiger partial charge in [-0.1, -0.05) is 0 Å². The fourth-order valence-corrected chi connectivity index (χ4v) is 3.34. The Kier molecular flexibility index (Phi) is 7.31. The maximum absolute atomic E-state index is 12.6. The third-order valence-electron chi connectivity index (χ3n) is 4.66. The van der Waals surface area contributed by atoms with E-state index in [9.17, 15) is 4.79 Å². The number of benzene rings is 2. The Morgan fingerprint density at radius 3 is 2.13 bits per heavy atom. The fourth-order valence-electron chi connectivity index (χ4n) is 3.13. The predicted octanol–water partition coefficient (Wildman–Crippen LogP) is 2.68. The molecule has 1 fully saturated rings. The van der Waals surface area contributed by atoms with Crippen molar-refractivity contribution in [3.05, 3.63) is 42.0 Å². The average Bonchev–Trinajstić information content (AvgIpc) is 2.78. The smallest absolute Gasteiger partial charge is 0.257 e. The average molecular weight is 432 g/mol. The van der Waals surface area contributed by atoms with Crippen LogP contribution < -0.4 is 29.7 Å². The largest absolute Gasteiger partial charge is 0.493 e. The zero-order valence-electron chi connectivity index (χ0n) is 17.2. The number of hydrogen-bond acceptors (Lipinski definition) is 7. The van der Waals surface area contributed by atoms with Gasteiger partial charge in [-0.25, -0.2) is 0 Å². The first-order valence-corrected chi connectivity index (χ1v) is 9.81. The fraction of sp³-hybridized carbons (Fsp3) is 0.333. The standard InChI is InChI=1S/C21H25N3O5S/c1-26-17-12-14(13-18(27-2)19(17)28-3)20(25)23-21(30)22-15-4-6-16(7-5-15)24-8-10-29-11-9-24/h4-7,12-13H,8-11H2,1-3H3,(H2,22,23,25,30). The molecule has 1 aliphatic heterocycles. The lowest BCUT2D eigenvalue weighted by atomic mass is 10.1. The second-order valence-corrected chi connectivity index (χ2v) is 6.88. The summed E-state index contributed by atoms with van der Waals surface area (Å²) in [5.41, 5.74) is 2.23. The van der Waals surface area contributed by atoms with Gasteiger partial charge in [-0.3, -0.25) is 10.1 Å². The second kappa shape index (κ2) is 10.1. The lowest BCUT2D eigenvalue weighted by Gasteiger charge is -2.28. The minimum Gasteiger partial charge on any atom is -0.493 e. The molecule has 2 aromatic carbocycles. The molecule has 1 amide bonds.